The number of hydrogen-bond donors (Lipinski definition) is 3. The largest absolute Gasteiger partial charge is 0.457 e. The lowest BCUT2D eigenvalue weighted by molar-refractivity contribution is -0.117. The van der Waals surface area contributed by atoms with Crippen molar-refractivity contribution in [3.05, 3.63) is 48.5 Å². The van der Waals surface area contributed by atoms with Gasteiger partial charge in [-0.15, -0.1) is 0 Å². The molecule has 0 atom stereocenters. The van der Waals surface area contributed by atoms with Crippen LogP contribution in [0.15, 0.2) is 53.5 Å². The maximum absolute atomic E-state index is 11.7. The van der Waals surface area contributed by atoms with Gasteiger partial charge in [-0.25, -0.2) is 4.79 Å². The number of aliphatic imine (C=N–C) groups is 1. The third-order valence-corrected chi connectivity index (χ3v) is 3.48. The average molecular weight is 398 g/mol. The Balaban J connectivity index is 2.33. The van der Waals surface area contributed by atoms with E-state index in [4.69, 9.17) is 4.74 Å². The van der Waals surface area contributed by atoms with E-state index in [0.29, 0.717) is 22.9 Å². The number of nitrogens with one attached hydrogen (secondary N) is 3. The number of nitrogens with zero attached hydrogens (tertiary/aromatic N) is 1. The average Bonchev–Trinajstić information content (AvgIpc) is 2.70. The van der Waals surface area contributed by atoms with E-state index in [2.05, 4.69) is 25.7 Å². The maximum atomic E-state index is 11.7. The van der Waals surface area contributed by atoms with Crippen molar-refractivity contribution in [2.24, 2.45) is 4.99 Å². The van der Waals surface area contributed by atoms with Crippen molar-refractivity contribution in [3.8, 4) is 11.5 Å². The summed E-state index contributed by atoms with van der Waals surface area (Å²) in [6.45, 7) is 3.00. The van der Waals surface area contributed by atoms with Crippen molar-refractivity contribution in [2.45, 2.75) is 20.3 Å². The molecule has 0 aliphatic carbocycles. The van der Waals surface area contributed by atoms with E-state index in [0.717, 1.165) is 0 Å². The Labute approximate surface area is 168 Å². The summed E-state index contributed by atoms with van der Waals surface area (Å²) in [5.41, 5.74) is 0.758. The van der Waals surface area contributed by atoms with Crippen molar-refractivity contribution >= 4 is 35.2 Å². The first-order chi connectivity index (χ1) is 13.9. The third-order valence-electron chi connectivity index (χ3n) is 3.48. The fraction of sp³-hybridized carbons (Fsp3) is 0.200. The van der Waals surface area contributed by atoms with Crippen LogP contribution in [-0.4, -0.2) is 31.0 Å². The lowest BCUT2D eigenvalue weighted by atomic mass is 10.2. The zero-order chi connectivity index (χ0) is 21.2. The molecule has 0 aliphatic heterocycles. The lowest BCUT2D eigenvalue weighted by Gasteiger charge is -2.16. The molecule has 0 fully saturated rings. The summed E-state index contributed by atoms with van der Waals surface area (Å²) in [4.78, 5) is 38.7. The van der Waals surface area contributed by atoms with Crippen LogP contribution < -0.4 is 20.7 Å². The van der Waals surface area contributed by atoms with E-state index < -0.39 is 12.0 Å². The van der Waals surface area contributed by atoms with Gasteiger partial charge in [-0.2, -0.15) is 4.99 Å². The zero-order valence-corrected chi connectivity index (χ0v) is 16.3. The van der Waals surface area contributed by atoms with E-state index in [1.807, 2.05) is 18.2 Å². The summed E-state index contributed by atoms with van der Waals surface area (Å²) < 4.78 is 10.3. The number of anilines is 2. The number of guanidine groups is 1. The van der Waals surface area contributed by atoms with Crippen LogP contribution in [0.25, 0.3) is 0 Å². The van der Waals surface area contributed by atoms with Crippen LogP contribution in [0.3, 0.4) is 0 Å². The van der Waals surface area contributed by atoms with E-state index in [-0.39, 0.29) is 18.3 Å². The van der Waals surface area contributed by atoms with Gasteiger partial charge in [-0.1, -0.05) is 25.1 Å². The quantitative estimate of drug-likeness (QED) is 0.524. The Hall–Kier alpha value is -3.88. The van der Waals surface area contributed by atoms with Crippen LogP contribution in [0.5, 0.6) is 11.5 Å². The molecule has 2 aromatic rings. The first kappa shape index (κ1) is 21.4. The summed E-state index contributed by atoms with van der Waals surface area (Å²) in [6.07, 6.45) is -0.651. The minimum Gasteiger partial charge on any atom is -0.457 e. The molecule has 0 spiro atoms. The predicted molar refractivity (Wildman–Crippen MR) is 109 cm³/mol. The zero-order valence-electron chi connectivity index (χ0n) is 16.3. The molecule has 0 heterocycles. The number of rotatable bonds is 5. The molecule has 2 aromatic carbocycles. The molecule has 0 saturated heterocycles. The van der Waals surface area contributed by atoms with Crippen LogP contribution in [0.1, 0.15) is 20.3 Å². The standard InChI is InChI=1S/C20H22N4O5/c1-4-18(26)23-19(24-20(27)28-3)22-16-11-10-15(12-17(16)21-13(2)25)29-14-8-6-5-7-9-14/h5-12H,4H2,1-3H3,(H,21,25)(H2,22,23,24,26,27). The summed E-state index contributed by atoms with van der Waals surface area (Å²) in [5.74, 6) is 0.217. The van der Waals surface area contributed by atoms with Gasteiger partial charge in [0.15, 0.2) is 0 Å². The highest BCUT2D eigenvalue weighted by atomic mass is 16.5. The smallest absolute Gasteiger partial charge is 0.413 e. The van der Waals surface area contributed by atoms with E-state index in [1.54, 1.807) is 37.3 Å². The minimum atomic E-state index is -0.801. The normalized spacial score (nSPS) is 10.7. The van der Waals surface area contributed by atoms with Crippen molar-refractivity contribution in [3.63, 3.8) is 0 Å². The van der Waals surface area contributed by atoms with Crippen LogP contribution in [0.4, 0.5) is 16.2 Å². The number of amides is 3. The van der Waals surface area contributed by atoms with E-state index in [9.17, 15) is 14.4 Å². The Morgan fingerprint density at radius 2 is 1.69 bits per heavy atom. The molecular weight excluding hydrogens is 376 g/mol. The van der Waals surface area contributed by atoms with Crippen LogP contribution in [0, 0.1) is 0 Å². The van der Waals surface area contributed by atoms with E-state index >= 15 is 0 Å². The van der Waals surface area contributed by atoms with Gasteiger partial charge in [0, 0.05) is 19.4 Å². The Bertz CT molecular complexity index is 912. The highest BCUT2D eigenvalue weighted by molar-refractivity contribution is 6.09. The highest BCUT2D eigenvalue weighted by Gasteiger charge is 2.13. The van der Waals surface area contributed by atoms with Gasteiger partial charge < -0.3 is 20.1 Å². The number of alkyl carbamates (subject to hydrolysis) is 1. The molecule has 3 N–H and O–H groups in total. The lowest BCUT2D eigenvalue weighted by Crippen LogP contribution is -2.36. The summed E-state index contributed by atoms with van der Waals surface area (Å²) in [7, 11) is 1.19. The van der Waals surface area contributed by atoms with Gasteiger partial charge in [0.25, 0.3) is 0 Å². The first-order valence-corrected chi connectivity index (χ1v) is 8.79. The SMILES string of the molecule is CCC(=O)/N=C(/NC(=O)OC)Nc1ccc(Oc2ccccc2)cc1NC(C)=O. The molecule has 0 saturated carbocycles. The van der Waals surface area contributed by atoms with Gasteiger partial charge in [-0.05, 0) is 24.3 Å². The number of ether oxygens (including phenoxy) is 2. The molecule has 9 heteroatoms. The molecule has 2 rings (SSSR count). The van der Waals surface area contributed by atoms with Gasteiger partial charge in [0.1, 0.15) is 11.5 Å². The summed E-state index contributed by atoms with van der Waals surface area (Å²) in [6, 6.07) is 14.0. The number of carbonyl (C=O) groups excluding carboxylic acids is 3. The van der Waals surface area contributed by atoms with Crippen molar-refractivity contribution in [1.29, 1.82) is 0 Å². The second kappa shape index (κ2) is 10.5. The molecule has 0 unspecified atom stereocenters. The fourth-order valence-corrected chi connectivity index (χ4v) is 2.18. The molecule has 152 valence electrons. The fourth-order valence-electron chi connectivity index (χ4n) is 2.18. The Kier molecular flexibility index (Phi) is 7.72. The molecule has 0 aromatic heterocycles. The van der Waals surface area contributed by atoms with Crippen LogP contribution in [-0.2, 0) is 14.3 Å². The minimum absolute atomic E-state index is 0.132. The summed E-state index contributed by atoms with van der Waals surface area (Å²) in [5, 5.41) is 7.82. The number of para-hydroxylation sites is 1. The Morgan fingerprint density at radius 3 is 2.31 bits per heavy atom. The predicted octanol–water partition coefficient (Wildman–Crippen LogP) is 3.50. The second-order valence-corrected chi connectivity index (χ2v) is 5.75. The van der Waals surface area contributed by atoms with Gasteiger partial charge in [-0.3, -0.25) is 14.9 Å². The van der Waals surface area contributed by atoms with E-state index in [1.165, 1.54) is 14.0 Å². The highest BCUT2D eigenvalue weighted by Crippen LogP contribution is 2.30. The molecule has 3 amide bonds. The Morgan fingerprint density at radius 1 is 0.966 bits per heavy atom. The van der Waals surface area contributed by atoms with Crippen molar-refractivity contribution in [1.82, 2.24) is 5.32 Å². The second-order valence-electron chi connectivity index (χ2n) is 5.75. The topological polar surface area (TPSA) is 118 Å². The number of benzene rings is 2. The number of hydrogen-bond acceptors (Lipinski definition) is 5. The van der Waals surface area contributed by atoms with Crippen molar-refractivity contribution in [2.75, 3.05) is 17.7 Å². The van der Waals surface area contributed by atoms with Gasteiger partial charge in [0.2, 0.25) is 17.8 Å². The van der Waals surface area contributed by atoms with Gasteiger partial charge in [0.05, 0.1) is 18.5 Å². The summed E-state index contributed by atoms with van der Waals surface area (Å²) >= 11 is 0. The van der Waals surface area contributed by atoms with Gasteiger partial charge >= 0.3 is 6.09 Å². The first-order valence-electron chi connectivity index (χ1n) is 8.79. The molecule has 0 aliphatic rings. The molecule has 9 nitrogen and oxygen atoms in total. The number of methoxy groups -OCH3 is 1. The maximum Gasteiger partial charge on any atom is 0.413 e. The molecule has 0 radical (unpaired) electrons. The third kappa shape index (κ3) is 6.98. The van der Waals surface area contributed by atoms with Crippen molar-refractivity contribution < 1.29 is 23.9 Å². The monoisotopic (exact) mass is 398 g/mol. The van der Waals surface area contributed by atoms with Crippen LogP contribution in [0.2, 0.25) is 0 Å². The molecule has 0 bridgehead atoms. The molecule has 29 heavy (non-hydrogen) atoms. The molecular formula is C20H22N4O5. The van der Waals surface area contributed by atoms with Crippen LogP contribution >= 0.6 is 0 Å². The number of carbonyl (C=O) groups is 3.